The molecule has 110 valence electrons. The molecule has 1 heterocycles. The molecule has 1 aliphatic rings. The predicted octanol–water partition coefficient (Wildman–Crippen LogP) is -0.277. The molecule has 0 saturated carbocycles. The zero-order valence-electron chi connectivity index (χ0n) is 12.0. The van der Waals surface area contributed by atoms with Gasteiger partial charge in [0.2, 0.25) is 11.8 Å². The van der Waals surface area contributed by atoms with Crippen LogP contribution >= 0.6 is 0 Å². The Kier molecular flexibility index (Phi) is 6.24. The van der Waals surface area contributed by atoms with E-state index in [0.29, 0.717) is 13.2 Å². The van der Waals surface area contributed by atoms with Gasteiger partial charge >= 0.3 is 0 Å². The molecule has 0 aromatic carbocycles. The zero-order chi connectivity index (χ0) is 14.4. The van der Waals surface area contributed by atoms with Crippen molar-refractivity contribution in [1.82, 2.24) is 10.2 Å². The zero-order valence-corrected chi connectivity index (χ0v) is 12.0. The number of carbonyl (C=O) groups excluding carboxylic acids is 2. The number of hydrogen-bond donors (Lipinski definition) is 2. The highest BCUT2D eigenvalue weighted by Crippen LogP contribution is 2.18. The molecular weight excluding hydrogens is 246 g/mol. The van der Waals surface area contributed by atoms with Crippen LogP contribution < -0.4 is 11.1 Å². The van der Waals surface area contributed by atoms with E-state index in [1.165, 1.54) is 4.90 Å². The van der Waals surface area contributed by atoms with Crippen LogP contribution in [0.4, 0.5) is 0 Å². The van der Waals surface area contributed by atoms with Crippen LogP contribution in [0.2, 0.25) is 0 Å². The molecule has 0 aliphatic carbocycles. The molecule has 0 bridgehead atoms. The molecule has 1 aliphatic heterocycles. The minimum Gasteiger partial charge on any atom is -0.381 e. The number of amides is 2. The van der Waals surface area contributed by atoms with Crippen molar-refractivity contribution in [1.29, 1.82) is 0 Å². The Morgan fingerprint density at radius 2 is 1.95 bits per heavy atom. The molecule has 1 fully saturated rings. The summed E-state index contributed by atoms with van der Waals surface area (Å²) in [6.45, 7) is 5.13. The molecule has 3 N–H and O–H groups in total. The summed E-state index contributed by atoms with van der Waals surface area (Å²) >= 11 is 0. The van der Waals surface area contributed by atoms with Crippen LogP contribution in [-0.4, -0.2) is 55.6 Å². The Hall–Kier alpha value is -1.14. The average molecular weight is 271 g/mol. The molecule has 6 heteroatoms. The number of nitrogens with two attached hydrogens (primary N) is 1. The fourth-order valence-corrected chi connectivity index (χ4v) is 2.19. The van der Waals surface area contributed by atoms with E-state index in [4.69, 9.17) is 10.5 Å². The molecule has 0 spiro atoms. The first-order valence-corrected chi connectivity index (χ1v) is 6.79. The molecule has 1 saturated heterocycles. The van der Waals surface area contributed by atoms with E-state index in [1.807, 2.05) is 13.8 Å². The van der Waals surface area contributed by atoms with E-state index >= 15 is 0 Å². The highest BCUT2D eigenvalue weighted by molar-refractivity contribution is 5.87. The summed E-state index contributed by atoms with van der Waals surface area (Å²) in [4.78, 5) is 25.1. The van der Waals surface area contributed by atoms with Crippen LogP contribution in [0.15, 0.2) is 0 Å². The molecule has 1 rings (SSSR count). The van der Waals surface area contributed by atoms with Gasteiger partial charge in [-0.1, -0.05) is 0 Å². The van der Waals surface area contributed by atoms with Crippen LogP contribution in [0, 0.1) is 5.92 Å². The summed E-state index contributed by atoms with van der Waals surface area (Å²) in [7, 11) is 1.61. The van der Waals surface area contributed by atoms with E-state index in [0.717, 1.165) is 12.8 Å². The fourth-order valence-electron chi connectivity index (χ4n) is 2.19. The minimum atomic E-state index is -0.541. The van der Waals surface area contributed by atoms with Gasteiger partial charge in [-0.3, -0.25) is 9.59 Å². The van der Waals surface area contributed by atoms with Gasteiger partial charge in [-0.15, -0.1) is 0 Å². The molecule has 6 nitrogen and oxygen atoms in total. The molecular formula is C13H25N3O3. The Labute approximate surface area is 114 Å². The van der Waals surface area contributed by atoms with Gasteiger partial charge in [0.15, 0.2) is 0 Å². The lowest BCUT2D eigenvalue weighted by molar-refractivity contribution is -0.137. The Bertz CT molecular complexity index is 314. The highest BCUT2D eigenvalue weighted by atomic mass is 16.5. The molecule has 0 aromatic rings. The lowest BCUT2D eigenvalue weighted by Gasteiger charge is -2.29. The van der Waals surface area contributed by atoms with Gasteiger partial charge < -0.3 is 20.7 Å². The maximum atomic E-state index is 12.1. The molecule has 0 radical (unpaired) electrons. The lowest BCUT2D eigenvalue weighted by Crippen LogP contribution is -2.50. The van der Waals surface area contributed by atoms with Crippen molar-refractivity contribution in [3.8, 4) is 0 Å². The Balaban J connectivity index is 2.44. The van der Waals surface area contributed by atoms with Gasteiger partial charge in [-0.05, 0) is 32.6 Å². The van der Waals surface area contributed by atoms with E-state index in [-0.39, 0.29) is 30.3 Å². The molecule has 19 heavy (non-hydrogen) atoms. The van der Waals surface area contributed by atoms with Gasteiger partial charge in [0, 0.05) is 26.3 Å². The van der Waals surface area contributed by atoms with Gasteiger partial charge in [-0.2, -0.15) is 0 Å². The maximum absolute atomic E-state index is 12.1. The number of nitrogens with zero attached hydrogens (tertiary/aromatic N) is 1. The SMILES string of the molecule is CC(C)NC(=O)CN(C)C(=O)C(N)C1CCOCC1. The van der Waals surface area contributed by atoms with Crippen LogP contribution in [0.3, 0.4) is 0 Å². The van der Waals surface area contributed by atoms with Crippen molar-refractivity contribution in [2.45, 2.75) is 38.8 Å². The van der Waals surface area contributed by atoms with Crippen molar-refractivity contribution in [3.05, 3.63) is 0 Å². The topological polar surface area (TPSA) is 84.7 Å². The number of ether oxygens (including phenoxy) is 1. The van der Waals surface area contributed by atoms with Crippen molar-refractivity contribution in [3.63, 3.8) is 0 Å². The third-order valence-electron chi connectivity index (χ3n) is 3.27. The van der Waals surface area contributed by atoms with E-state index < -0.39 is 6.04 Å². The predicted molar refractivity (Wildman–Crippen MR) is 72.4 cm³/mol. The van der Waals surface area contributed by atoms with Gasteiger partial charge in [-0.25, -0.2) is 0 Å². The maximum Gasteiger partial charge on any atom is 0.239 e. The van der Waals surface area contributed by atoms with Gasteiger partial charge in [0.25, 0.3) is 0 Å². The minimum absolute atomic E-state index is 0.0495. The molecule has 1 unspecified atom stereocenters. The van der Waals surface area contributed by atoms with Crippen molar-refractivity contribution in [2.24, 2.45) is 11.7 Å². The largest absolute Gasteiger partial charge is 0.381 e. The fraction of sp³-hybridized carbons (Fsp3) is 0.846. The van der Waals surface area contributed by atoms with Crippen molar-refractivity contribution >= 4 is 11.8 Å². The van der Waals surface area contributed by atoms with Crippen LogP contribution in [0.1, 0.15) is 26.7 Å². The summed E-state index contributed by atoms with van der Waals surface area (Å²) in [5.74, 6) is -0.187. The molecule has 0 aromatic heterocycles. The van der Waals surface area contributed by atoms with Gasteiger partial charge in [0.1, 0.15) is 0 Å². The summed E-state index contributed by atoms with van der Waals surface area (Å²) in [6.07, 6.45) is 1.61. The van der Waals surface area contributed by atoms with Crippen LogP contribution in [0.25, 0.3) is 0 Å². The number of carbonyl (C=O) groups is 2. The normalized spacial score (nSPS) is 18.2. The van der Waals surface area contributed by atoms with E-state index in [1.54, 1.807) is 7.05 Å². The van der Waals surface area contributed by atoms with Crippen LogP contribution in [0.5, 0.6) is 0 Å². The monoisotopic (exact) mass is 271 g/mol. The highest BCUT2D eigenvalue weighted by Gasteiger charge is 2.29. The second-order valence-electron chi connectivity index (χ2n) is 5.39. The Morgan fingerprint density at radius 3 is 2.47 bits per heavy atom. The number of nitrogens with one attached hydrogen (secondary N) is 1. The number of hydrogen-bond acceptors (Lipinski definition) is 4. The first-order chi connectivity index (χ1) is 8.91. The Morgan fingerprint density at radius 1 is 1.37 bits per heavy atom. The van der Waals surface area contributed by atoms with Crippen molar-refractivity contribution < 1.29 is 14.3 Å². The lowest BCUT2D eigenvalue weighted by atomic mass is 9.91. The van der Waals surface area contributed by atoms with Gasteiger partial charge in [0.05, 0.1) is 12.6 Å². The third-order valence-corrected chi connectivity index (χ3v) is 3.27. The summed E-state index contributed by atoms with van der Waals surface area (Å²) in [6, 6.07) is -0.471. The third kappa shape index (κ3) is 5.16. The first-order valence-electron chi connectivity index (χ1n) is 6.79. The molecule has 2 amide bonds. The molecule has 1 atom stereocenters. The quantitative estimate of drug-likeness (QED) is 0.720. The smallest absolute Gasteiger partial charge is 0.239 e. The second kappa shape index (κ2) is 7.45. The summed E-state index contributed by atoms with van der Waals surface area (Å²) < 4.78 is 5.25. The van der Waals surface area contributed by atoms with Crippen molar-refractivity contribution in [2.75, 3.05) is 26.8 Å². The number of rotatable bonds is 5. The number of likely N-dealkylation sites (N-methyl/N-ethyl adjacent to an activating group) is 1. The van der Waals surface area contributed by atoms with Crippen LogP contribution in [-0.2, 0) is 14.3 Å². The second-order valence-corrected chi connectivity index (χ2v) is 5.39. The summed E-state index contributed by atoms with van der Waals surface area (Å²) in [5.41, 5.74) is 5.99. The summed E-state index contributed by atoms with van der Waals surface area (Å²) in [5, 5.41) is 2.75. The van der Waals surface area contributed by atoms with E-state index in [2.05, 4.69) is 5.32 Å². The first kappa shape index (κ1) is 15.9. The average Bonchev–Trinajstić information content (AvgIpc) is 2.36. The van der Waals surface area contributed by atoms with E-state index in [9.17, 15) is 9.59 Å². The standard InChI is InChI=1S/C13H25N3O3/c1-9(2)15-11(17)8-16(3)13(18)12(14)10-4-6-19-7-5-10/h9-10,12H,4-8,14H2,1-3H3,(H,15,17).